The first-order chi connectivity index (χ1) is 10.0. The molecule has 0 spiro atoms. The number of amides is 2. The monoisotopic (exact) mass is 289 g/mol. The van der Waals surface area contributed by atoms with Gasteiger partial charge in [-0.2, -0.15) is 5.10 Å². The van der Waals surface area contributed by atoms with Crippen molar-refractivity contribution in [3.8, 4) is 0 Å². The Kier molecular flexibility index (Phi) is 6.33. The number of carbonyl (C=O) groups is 3. The van der Waals surface area contributed by atoms with Crippen molar-refractivity contribution in [2.45, 2.75) is 6.42 Å². The fourth-order valence-electron chi connectivity index (χ4n) is 1.41. The molecule has 0 aromatic heterocycles. The highest BCUT2D eigenvalue weighted by Gasteiger charge is 2.08. The number of carboxylic acid groups (broad SMARTS) is 1. The number of nitrogens with one attached hydrogen (secondary N) is 2. The molecule has 3 N–H and O–H groups in total. The summed E-state index contributed by atoms with van der Waals surface area (Å²) in [6.45, 7) is 3.71. The van der Waals surface area contributed by atoms with Crippen LogP contribution in [-0.4, -0.2) is 35.6 Å². The smallest absolute Gasteiger partial charge is 0.336 e. The van der Waals surface area contributed by atoms with E-state index in [0.29, 0.717) is 5.56 Å². The average molecular weight is 289 g/mol. The quantitative estimate of drug-likeness (QED) is 0.294. The van der Waals surface area contributed by atoms with Crippen LogP contribution in [0, 0.1) is 0 Å². The van der Waals surface area contributed by atoms with Gasteiger partial charge in [-0.15, -0.1) is 6.58 Å². The van der Waals surface area contributed by atoms with Crippen molar-refractivity contribution in [2.75, 3.05) is 6.54 Å². The fraction of sp³-hybridized carbons (Fsp3) is 0.143. The molecular weight excluding hydrogens is 274 g/mol. The molecule has 0 saturated heterocycles. The number of hydrogen-bond acceptors (Lipinski definition) is 4. The van der Waals surface area contributed by atoms with Gasteiger partial charge in [-0.05, 0) is 6.07 Å². The van der Waals surface area contributed by atoms with E-state index in [2.05, 4.69) is 22.4 Å². The minimum absolute atomic E-state index is 0.0687. The van der Waals surface area contributed by atoms with Gasteiger partial charge in [-0.25, -0.2) is 10.2 Å². The molecule has 0 aliphatic rings. The molecule has 0 heterocycles. The minimum Gasteiger partial charge on any atom is -0.478 e. The Labute approximate surface area is 121 Å². The lowest BCUT2D eigenvalue weighted by Gasteiger charge is -2.02. The van der Waals surface area contributed by atoms with Crippen molar-refractivity contribution in [1.82, 2.24) is 10.7 Å². The van der Waals surface area contributed by atoms with E-state index in [4.69, 9.17) is 5.11 Å². The molecule has 21 heavy (non-hydrogen) atoms. The first-order valence-corrected chi connectivity index (χ1v) is 6.06. The molecule has 7 nitrogen and oxygen atoms in total. The van der Waals surface area contributed by atoms with E-state index >= 15 is 0 Å². The van der Waals surface area contributed by atoms with Gasteiger partial charge in [0.05, 0.1) is 11.8 Å². The summed E-state index contributed by atoms with van der Waals surface area (Å²) in [7, 11) is 0. The third-order valence-corrected chi connectivity index (χ3v) is 2.35. The molecule has 110 valence electrons. The summed E-state index contributed by atoms with van der Waals surface area (Å²) in [5.74, 6) is -2.14. The van der Waals surface area contributed by atoms with Crippen molar-refractivity contribution in [2.24, 2.45) is 5.10 Å². The maximum atomic E-state index is 11.4. The Morgan fingerprint density at radius 3 is 2.62 bits per heavy atom. The van der Waals surface area contributed by atoms with Gasteiger partial charge in [-0.1, -0.05) is 24.3 Å². The Hall–Kier alpha value is -2.96. The van der Waals surface area contributed by atoms with E-state index in [1.807, 2.05) is 0 Å². The summed E-state index contributed by atoms with van der Waals surface area (Å²) in [6.07, 6.45) is 2.34. The molecule has 1 rings (SSSR count). The third-order valence-electron chi connectivity index (χ3n) is 2.35. The zero-order valence-electron chi connectivity index (χ0n) is 11.2. The van der Waals surface area contributed by atoms with Gasteiger partial charge in [-0.3, -0.25) is 9.59 Å². The highest BCUT2D eigenvalue weighted by molar-refractivity contribution is 5.99. The van der Waals surface area contributed by atoms with Gasteiger partial charge in [0, 0.05) is 12.1 Å². The van der Waals surface area contributed by atoms with Gasteiger partial charge in [0.15, 0.2) is 0 Å². The van der Waals surface area contributed by atoms with Crippen molar-refractivity contribution in [1.29, 1.82) is 0 Å². The number of benzene rings is 1. The van der Waals surface area contributed by atoms with Crippen molar-refractivity contribution < 1.29 is 19.5 Å². The summed E-state index contributed by atoms with van der Waals surface area (Å²) < 4.78 is 0. The van der Waals surface area contributed by atoms with Crippen molar-refractivity contribution in [3.05, 3.63) is 48.0 Å². The van der Waals surface area contributed by atoms with Gasteiger partial charge in [0.25, 0.3) is 0 Å². The topological polar surface area (TPSA) is 108 Å². The number of rotatable bonds is 7. The minimum atomic E-state index is -1.09. The first kappa shape index (κ1) is 16.1. The number of aromatic carboxylic acids is 1. The Morgan fingerprint density at radius 2 is 1.95 bits per heavy atom. The van der Waals surface area contributed by atoms with Crippen LogP contribution in [0.3, 0.4) is 0 Å². The van der Waals surface area contributed by atoms with Gasteiger partial charge < -0.3 is 10.4 Å². The van der Waals surface area contributed by atoms with Crippen LogP contribution in [0.5, 0.6) is 0 Å². The van der Waals surface area contributed by atoms with E-state index in [0.717, 1.165) is 0 Å². The second-order valence-electron chi connectivity index (χ2n) is 3.96. The second-order valence-corrected chi connectivity index (χ2v) is 3.96. The lowest BCUT2D eigenvalue weighted by molar-refractivity contribution is -0.129. The molecule has 1 aromatic rings. The Balaban J connectivity index is 2.55. The highest BCUT2D eigenvalue weighted by Crippen LogP contribution is 2.05. The normalized spacial score (nSPS) is 10.1. The van der Waals surface area contributed by atoms with E-state index < -0.39 is 17.8 Å². The standard InChI is InChI=1S/C14H15N3O4/c1-2-7-15-12(18)8-13(19)17-16-9-10-5-3-4-6-11(10)14(20)21/h2-6,9H,1,7-8H2,(H,15,18)(H,17,19)(H,20,21)/b16-9+. The molecule has 0 fully saturated rings. The zero-order chi connectivity index (χ0) is 15.7. The van der Waals surface area contributed by atoms with E-state index in [9.17, 15) is 14.4 Å². The van der Waals surface area contributed by atoms with Crippen LogP contribution in [0.15, 0.2) is 42.0 Å². The van der Waals surface area contributed by atoms with Crippen LogP contribution in [-0.2, 0) is 9.59 Å². The molecule has 0 atom stereocenters. The number of hydrazone groups is 1. The summed E-state index contributed by atoms with van der Waals surface area (Å²) >= 11 is 0. The van der Waals surface area contributed by atoms with E-state index in [1.165, 1.54) is 18.4 Å². The number of carboxylic acids is 1. The largest absolute Gasteiger partial charge is 0.478 e. The summed E-state index contributed by atoms with van der Waals surface area (Å²) in [5, 5.41) is 15.0. The molecular formula is C14H15N3O4. The summed E-state index contributed by atoms with van der Waals surface area (Å²) in [4.78, 5) is 33.6. The maximum absolute atomic E-state index is 11.4. The molecule has 0 bridgehead atoms. The molecule has 0 radical (unpaired) electrons. The lowest BCUT2D eigenvalue weighted by atomic mass is 10.1. The Morgan fingerprint density at radius 1 is 1.24 bits per heavy atom. The molecule has 2 amide bonds. The molecule has 7 heteroatoms. The first-order valence-electron chi connectivity index (χ1n) is 6.06. The number of hydrogen-bond donors (Lipinski definition) is 3. The predicted molar refractivity (Wildman–Crippen MR) is 77.0 cm³/mol. The number of carbonyl (C=O) groups excluding carboxylic acids is 2. The summed E-state index contributed by atoms with van der Waals surface area (Å²) in [5.41, 5.74) is 2.57. The van der Waals surface area contributed by atoms with Crippen LogP contribution in [0.25, 0.3) is 0 Å². The molecule has 0 aliphatic carbocycles. The SMILES string of the molecule is C=CCNC(=O)CC(=O)N/N=C/c1ccccc1C(=O)O. The molecule has 0 saturated carbocycles. The van der Waals surface area contributed by atoms with E-state index in [1.54, 1.807) is 18.2 Å². The maximum Gasteiger partial charge on any atom is 0.336 e. The molecule has 0 unspecified atom stereocenters. The molecule has 0 aliphatic heterocycles. The fourth-order valence-corrected chi connectivity index (χ4v) is 1.41. The zero-order valence-corrected chi connectivity index (χ0v) is 11.2. The van der Waals surface area contributed by atoms with E-state index in [-0.39, 0.29) is 18.5 Å². The van der Waals surface area contributed by atoms with Crippen LogP contribution in [0.1, 0.15) is 22.3 Å². The highest BCUT2D eigenvalue weighted by atomic mass is 16.4. The van der Waals surface area contributed by atoms with Crippen LogP contribution in [0.2, 0.25) is 0 Å². The van der Waals surface area contributed by atoms with Crippen molar-refractivity contribution >= 4 is 24.0 Å². The second kappa shape index (κ2) is 8.26. The Bertz CT molecular complexity index is 581. The predicted octanol–water partition coefficient (Wildman–Crippen LogP) is 0.527. The van der Waals surface area contributed by atoms with Crippen LogP contribution >= 0.6 is 0 Å². The lowest BCUT2D eigenvalue weighted by Crippen LogP contribution is -2.29. The third kappa shape index (κ3) is 5.68. The number of nitrogens with zero attached hydrogens (tertiary/aromatic N) is 1. The van der Waals surface area contributed by atoms with Gasteiger partial charge in [0.2, 0.25) is 11.8 Å². The van der Waals surface area contributed by atoms with Crippen molar-refractivity contribution in [3.63, 3.8) is 0 Å². The van der Waals surface area contributed by atoms with Crippen LogP contribution < -0.4 is 10.7 Å². The summed E-state index contributed by atoms with van der Waals surface area (Å²) in [6, 6.07) is 6.21. The van der Waals surface area contributed by atoms with Gasteiger partial charge in [0.1, 0.15) is 6.42 Å². The van der Waals surface area contributed by atoms with Crippen LogP contribution in [0.4, 0.5) is 0 Å². The molecule has 1 aromatic carbocycles. The average Bonchev–Trinajstić information content (AvgIpc) is 2.45. The van der Waals surface area contributed by atoms with Gasteiger partial charge >= 0.3 is 5.97 Å².